The molecule has 3 rings (SSSR count). The van der Waals surface area contributed by atoms with Gasteiger partial charge in [-0.1, -0.05) is 12.1 Å². The van der Waals surface area contributed by atoms with Crippen molar-refractivity contribution < 1.29 is 18.7 Å². The summed E-state index contributed by atoms with van der Waals surface area (Å²) >= 11 is 0. The summed E-state index contributed by atoms with van der Waals surface area (Å²) in [6.07, 6.45) is 0. The van der Waals surface area contributed by atoms with Gasteiger partial charge in [0, 0.05) is 6.07 Å². The monoisotopic (exact) mass is 324 g/mol. The highest BCUT2D eigenvalue weighted by Crippen LogP contribution is 2.28. The van der Waals surface area contributed by atoms with Gasteiger partial charge in [-0.15, -0.1) is 0 Å². The molecule has 2 aromatic carbocycles. The van der Waals surface area contributed by atoms with Gasteiger partial charge in [-0.25, -0.2) is 9.59 Å². The first-order valence-electron chi connectivity index (χ1n) is 6.99. The quantitative estimate of drug-likeness (QED) is 0.539. The molecule has 0 aliphatic carbocycles. The Kier molecular flexibility index (Phi) is 4.03. The Hall–Kier alpha value is -3.53. The molecule has 1 heterocycles. The number of para-hydroxylation sites is 2. The van der Waals surface area contributed by atoms with Gasteiger partial charge in [0.05, 0.1) is 24.3 Å². The van der Waals surface area contributed by atoms with Gasteiger partial charge < -0.3 is 13.9 Å². The number of carbonyl (C=O) groups excluding carboxylic acids is 1. The molecule has 0 atom stereocenters. The van der Waals surface area contributed by atoms with Gasteiger partial charge in [-0.2, -0.15) is 5.26 Å². The zero-order valence-electron chi connectivity index (χ0n) is 12.7. The molecule has 1 aromatic heterocycles. The summed E-state index contributed by atoms with van der Waals surface area (Å²) in [5.74, 6) is -0.874. The highest BCUT2D eigenvalue weighted by atomic mass is 16.6. The van der Waals surface area contributed by atoms with E-state index in [0.29, 0.717) is 16.7 Å². The maximum atomic E-state index is 12.2. The SMILES string of the molecule is COc1cc(C#N)ccc1OC(=O)Cn1c(=O)oc2ccccc21. The van der Waals surface area contributed by atoms with E-state index in [4.69, 9.17) is 19.2 Å². The molecular weight excluding hydrogens is 312 g/mol. The van der Waals surface area contributed by atoms with Crippen LogP contribution in [0.1, 0.15) is 5.56 Å². The van der Waals surface area contributed by atoms with Crippen molar-refractivity contribution >= 4 is 17.1 Å². The number of aromatic nitrogens is 1. The number of oxazole rings is 1. The van der Waals surface area contributed by atoms with E-state index in [0.717, 1.165) is 0 Å². The van der Waals surface area contributed by atoms with E-state index in [9.17, 15) is 9.59 Å². The lowest BCUT2D eigenvalue weighted by molar-refractivity contribution is -0.135. The summed E-state index contributed by atoms with van der Waals surface area (Å²) < 4.78 is 16.6. The highest BCUT2D eigenvalue weighted by Gasteiger charge is 2.16. The molecule has 7 heteroatoms. The van der Waals surface area contributed by atoms with E-state index in [1.807, 2.05) is 6.07 Å². The van der Waals surface area contributed by atoms with Crippen LogP contribution in [-0.2, 0) is 11.3 Å². The summed E-state index contributed by atoms with van der Waals surface area (Å²) in [5, 5.41) is 8.87. The lowest BCUT2D eigenvalue weighted by Gasteiger charge is -2.09. The average molecular weight is 324 g/mol. The summed E-state index contributed by atoms with van der Waals surface area (Å²) in [6.45, 7) is -0.307. The number of rotatable bonds is 4. The third kappa shape index (κ3) is 2.85. The van der Waals surface area contributed by atoms with E-state index < -0.39 is 11.7 Å². The van der Waals surface area contributed by atoms with Crippen LogP contribution in [0.15, 0.2) is 51.7 Å². The van der Waals surface area contributed by atoms with Crippen molar-refractivity contribution in [3.05, 3.63) is 58.6 Å². The molecule has 0 bridgehead atoms. The van der Waals surface area contributed by atoms with Crippen molar-refractivity contribution in [2.75, 3.05) is 7.11 Å². The molecule has 0 saturated carbocycles. The Labute approximate surface area is 136 Å². The Morgan fingerprint density at radius 3 is 2.79 bits per heavy atom. The number of hydrogen-bond donors (Lipinski definition) is 0. The van der Waals surface area contributed by atoms with Crippen LogP contribution in [0, 0.1) is 11.3 Å². The molecule has 0 aliphatic rings. The summed E-state index contributed by atoms with van der Waals surface area (Å²) in [4.78, 5) is 24.0. The molecule has 24 heavy (non-hydrogen) atoms. The maximum Gasteiger partial charge on any atom is 0.420 e. The topological polar surface area (TPSA) is 94.5 Å². The van der Waals surface area contributed by atoms with E-state index in [-0.39, 0.29) is 18.0 Å². The standard InChI is InChI=1S/C17H12N2O5/c1-22-15-8-11(9-18)6-7-14(15)23-16(20)10-19-12-4-2-3-5-13(12)24-17(19)21/h2-8H,10H2,1H3. The zero-order valence-corrected chi connectivity index (χ0v) is 12.7. The van der Waals surface area contributed by atoms with Gasteiger partial charge in [0.2, 0.25) is 0 Å². The number of carbonyl (C=O) groups is 1. The van der Waals surface area contributed by atoms with Crippen LogP contribution in [0.4, 0.5) is 0 Å². The van der Waals surface area contributed by atoms with Gasteiger partial charge in [0.15, 0.2) is 17.1 Å². The number of benzene rings is 2. The van der Waals surface area contributed by atoms with Crippen LogP contribution in [0.2, 0.25) is 0 Å². The predicted octanol–water partition coefficient (Wildman–Crippen LogP) is 2.08. The fraction of sp³-hybridized carbons (Fsp3) is 0.118. The second-order valence-electron chi connectivity index (χ2n) is 4.87. The molecule has 120 valence electrons. The third-order valence-electron chi connectivity index (χ3n) is 3.38. The lowest BCUT2D eigenvalue weighted by atomic mass is 10.2. The van der Waals surface area contributed by atoms with Gasteiger partial charge in [0.1, 0.15) is 6.54 Å². The smallest absolute Gasteiger partial charge is 0.420 e. The number of esters is 1. The van der Waals surface area contributed by atoms with Gasteiger partial charge in [-0.3, -0.25) is 4.57 Å². The summed E-state index contributed by atoms with van der Waals surface area (Å²) in [5.41, 5.74) is 1.28. The summed E-state index contributed by atoms with van der Waals surface area (Å²) in [6, 6.07) is 13.2. The van der Waals surface area contributed by atoms with E-state index >= 15 is 0 Å². The number of fused-ring (bicyclic) bond motifs is 1. The van der Waals surface area contributed by atoms with Crippen LogP contribution < -0.4 is 15.2 Å². The molecular formula is C17H12N2O5. The minimum atomic E-state index is -0.660. The molecule has 7 nitrogen and oxygen atoms in total. The minimum Gasteiger partial charge on any atom is -0.493 e. The normalized spacial score (nSPS) is 10.3. The van der Waals surface area contributed by atoms with Gasteiger partial charge in [0.25, 0.3) is 0 Å². The maximum absolute atomic E-state index is 12.2. The van der Waals surface area contributed by atoms with Crippen LogP contribution in [0.3, 0.4) is 0 Å². The van der Waals surface area contributed by atoms with Gasteiger partial charge in [-0.05, 0) is 24.3 Å². The van der Waals surface area contributed by atoms with Crippen molar-refractivity contribution in [1.29, 1.82) is 5.26 Å². The van der Waals surface area contributed by atoms with E-state index in [1.54, 1.807) is 24.3 Å². The number of methoxy groups -OCH3 is 1. The van der Waals surface area contributed by atoms with Crippen molar-refractivity contribution in [3.8, 4) is 17.6 Å². The molecule has 0 spiro atoms. The van der Waals surface area contributed by atoms with Gasteiger partial charge >= 0.3 is 11.7 Å². The van der Waals surface area contributed by atoms with Crippen molar-refractivity contribution in [3.63, 3.8) is 0 Å². The molecule has 0 unspecified atom stereocenters. The minimum absolute atomic E-state index is 0.169. The number of ether oxygens (including phenoxy) is 2. The lowest BCUT2D eigenvalue weighted by Crippen LogP contribution is -2.23. The zero-order chi connectivity index (χ0) is 17.1. The fourth-order valence-corrected chi connectivity index (χ4v) is 2.27. The fourth-order valence-electron chi connectivity index (χ4n) is 2.27. The molecule has 0 amide bonds. The number of nitrogens with zero attached hydrogens (tertiary/aromatic N) is 2. The number of nitriles is 1. The predicted molar refractivity (Wildman–Crippen MR) is 83.8 cm³/mol. The van der Waals surface area contributed by atoms with Crippen molar-refractivity contribution in [1.82, 2.24) is 4.57 Å². The van der Waals surface area contributed by atoms with E-state index in [2.05, 4.69) is 0 Å². The second kappa shape index (κ2) is 6.30. The second-order valence-corrected chi connectivity index (χ2v) is 4.87. The van der Waals surface area contributed by atoms with E-state index in [1.165, 1.54) is 29.9 Å². The first kappa shape index (κ1) is 15.4. The first-order chi connectivity index (χ1) is 11.6. The number of hydrogen-bond acceptors (Lipinski definition) is 6. The first-order valence-corrected chi connectivity index (χ1v) is 6.99. The molecule has 0 fully saturated rings. The third-order valence-corrected chi connectivity index (χ3v) is 3.38. The molecule has 0 saturated heterocycles. The molecule has 0 radical (unpaired) electrons. The molecule has 0 N–H and O–H groups in total. The van der Waals surface area contributed by atoms with Crippen LogP contribution in [-0.4, -0.2) is 17.6 Å². The average Bonchev–Trinajstić information content (AvgIpc) is 2.91. The largest absolute Gasteiger partial charge is 0.493 e. The van der Waals surface area contributed by atoms with Crippen LogP contribution in [0.5, 0.6) is 11.5 Å². The Morgan fingerprint density at radius 1 is 1.25 bits per heavy atom. The molecule has 3 aromatic rings. The van der Waals surface area contributed by atoms with Crippen molar-refractivity contribution in [2.45, 2.75) is 6.54 Å². The highest BCUT2D eigenvalue weighted by molar-refractivity contribution is 5.78. The van der Waals surface area contributed by atoms with Crippen molar-refractivity contribution in [2.24, 2.45) is 0 Å². The Balaban J connectivity index is 1.85. The van der Waals surface area contributed by atoms with Crippen LogP contribution in [0.25, 0.3) is 11.1 Å². The Morgan fingerprint density at radius 2 is 2.04 bits per heavy atom. The Bertz CT molecular complexity index is 1010. The van der Waals surface area contributed by atoms with Crippen LogP contribution >= 0.6 is 0 Å². The summed E-state index contributed by atoms with van der Waals surface area (Å²) in [7, 11) is 1.40. The molecule has 0 aliphatic heterocycles.